The SMILES string of the molecule is CC(=O)O[C@@H](C)C(=O)Nc1cc(Cl)cc(Cl)c1. The van der Waals surface area contributed by atoms with Gasteiger partial charge in [-0.1, -0.05) is 23.2 Å². The van der Waals surface area contributed by atoms with Crippen molar-refractivity contribution in [3.63, 3.8) is 0 Å². The van der Waals surface area contributed by atoms with Gasteiger partial charge in [0.15, 0.2) is 6.10 Å². The van der Waals surface area contributed by atoms with Gasteiger partial charge in [-0.15, -0.1) is 0 Å². The average Bonchev–Trinajstić information content (AvgIpc) is 2.14. The zero-order valence-corrected chi connectivity index (χ0v) is 10.8. The summed E-state index contributed by atoms with van der Waals surface area (Å²) in [6, 6.07) is 4.64. The highest BCUT2D eigenvalue weighted by atomic mass is 35.5. The number of halogens is 2. The number of anilines is 1. The zero-order chi connectivity index (χ0) is 13.0. The number of esters is 1. The van der Waals surface area contributed by atoms with Crippen molar-refractivity contribution in [1.29, 1.82) is 0 Å². The van der Waals surface area contributed by atoms with E-state index in [4.69, 9.17) is 27.9 Å². The first-order valence-electron chi connectivity index (χ1n) is 4.82. The molecular weight excluding hydrogens is 265 g/mol. The second-order valence-electron chi connectivity index (χ2n) is 3.40. The summed E-state index contributed by atoms with van der Waals surface area (Å²) in [7, 11) is 0. The number of nitrogens with one attached hydrogen (secondary N) is 1. The van der Waals surface area contributed by atoms with E-state index in [0.29, 0.717) is 15.7 Å². The molecule has 1 aromatic rings. The van der Waals surface area contributed by atoms with Crippen LogP contribution < -0.4 is 5.32 Å². The molecule has 0 aliphatic rings. The molecule has 4 nitrogen and oxygen atoms in total. The number of ether oxygens (including phenoxy) is 1. The fraction of sp³-hybridized carbons (Fsp3) is 0.273. The van der Waals surface area contributed by atoms with Gasteiger partial charge in [-0.3, -0.25) is 9.59 Å². The smallest absolute Gasteiger partial charge is 0.303 e. The predicted octanol–water partition coefficient (Wildman–Crippen LogP) is 2.88. The van der Waals surface area contributed by atoms with Crippen LogP contribution in [0.2, 0.25) is 10.0 Å². The van der Waals surface area contributed by atoms with E-state index in [1.165, 1.54) is 13.8 Å². The van der Waals surface area contributed by atoms with E-state index in [0.717, 1.165) is 0 Å². The van der Waals surface area contributed by atoms with Gasteiger partial charge in [0.2, 0.25) is 0 Å². The number of carbonyl (C=O) groups excluding carboxylic acids is 2. The van der Waals surface area contributed by atoms with Crippen molar-refractivity contribution in [3.8, 4) is 0 Å². The molecule has 1 rings (SSSR count). The average molecular weight is 276 g/mol. The van der Waals surface area contributed by atoms with Gasteiger partial charge in [-0.2, -0.15) is 0 Å². The maximum Gasteiger partial charge on any atom is 0.303 e. The number of benzene rings is 1. The van der Waals surface area contributed by atoms with Crippen molar-refractivity contribution < 1.29 is 14.3 Å². The fourth-order valence-electron chi connectivity index (χ4n) is 1.17. The molecule has 92 valence electrons. The van der Waals surface area contributed by atoms with Gasteiger partial charge >= 0.3 is 5.97 Å². The third-order valence-corrected chi connectivity index (χ3v) is 2.28. The minimum absolute atomic E-state index is 0.410. The molecule has 0 unspecified atom stereocenters. The van der Waals surface area contributed by atoms with Crippen LogP contribution in [0.15, 0.2) is 18.2 Å². The largest absolute Gasteiger partial charge is 0.453 e. The quantitative estimate of drug-likeness (QED) is 0.863. The molecule has 6 heteroatoms. The fourth-order valence-corrected chi connectivity index (χ4v) is 1.70. The zero-order valence-electron chi connectivity index (χ0n) is 9.29. The molecule has 0 fully saturated rings. The number of rotatable bonds is 3. The van der Waals surface area contributed by atoms with E-state index in [1.54, 1.807) is 18.2 Å². The number of amides is 1. The Morgan fingerprint density at radius 3 is 2.24 bits per heavy atom. The van der Waals surface area contributed by atoms with Crippen molar-refractivity contribution in [2.45, 2.75) is 20.0 Å². The summed E-state index contributed by atoms with van der Waals surface area (Å²) < 4.78 is 4.73. The Bertz CT molecular complexity index is 428. The Morgan fingerprint density at radius 1 is 1.24 bits per heavy atom. The third kappa shape index (κ3) is 4.63. The number of hydrogen-bond acceptors (Lipinski definition) is 3. The molecular formula is C11H11Cl2NO3. The molecule has 0 aromatic heterocycles. The van der Waals surface area contributed by atoms with Gasteiger partial charge in [0.25, 0.3) is 5.91 Å². The van der Waals surface area contributed by atoms with Crippen LogP contribution in [0.5, 0.6) is 0 Å². The van der Waals surface area contributed by atoms with Gasteiger partial charge in [-0.25, -0.2) is 0 Å². The Labute approximate surface area is 109 Å². The highest BCUT2D eigenvalue weighted by molar-refractivity contribution is 6.35. The molecule has 17 heavy (non-hydrogen) atoms. The molecule has 0 heterocycles. The van der Waals surface area contributed by atoms with E-state index in [-0.39, 0.29) is 0 Å². The van der Waals surface area contributed by atoms with Crippen molar-refractivity contribution in [1.82, 2.24) is 0 Å². The summed E-state index contributed by atoms with van der Waals surface area (Å²) in [4.78, 5) is 22.3. The molecule has 1 amide bonds. The summed E-state index contributed by atoms with van der Waals surface area (Å²) in [5.41, 5.74) is 0.450. The molecule has 0 spiro atoms. The number of hydrogen-bond donors (Lipinski definition) is 1. The van der Waals surface area contributed by atoms with E-state index in [9.17, 15) is 9.59 Å². The Morgan fingerprint density at radius 2 is 1.76 bits per heavy atom. The molecule has 0 saturated heterocycles. The normalized spacial score (nSPS) is 11.8. The Kier molecular flexibility index (Phi) is 4.78. The molecule has 0 radical (unpaired) electrons. The van der Waals surface area contributed by atoms with Crippen LogP contribution in [-0.4, -0.2) is 18.0 Å². The maximum absolute atomic E-state index is 11.6. The Hall–Kier alpha value is -1.26. The molecule has 0 aliphatic carbocycles. The van der Waals surface area contributed by atoms with Crippen LogP contribution in [0.3, 0.4) is 0 Å². The van der Waals surface area contributed by atoms with Crippen molar-refractivity contribution in [3.05, 3.63) is 28.2 Å². The minimum atomic E-state index is -0.870. The lowest BCUT2D eigenvalue weighted by atomic mass is 10.3. The molecule has 0 saturated carbocycles. The van der Waals surface area contributed by atoms with E-state index in [2.05, 4.69) is 5.32 Å². The van der Waals surface area contributed by atoms with Gasteiger partial charge in [0.1, 0.15) is 0 Å². The summed E-state index contributed by atoms with van der Waals surface area (Å²) in [6.07, 6.45) is -0.870. The first kappa shape index (κ1) is 13.8. The van der Waals surface area contributed by atoms with Gasteiger partial charge in [0.05, 0.1) is 0 Å². The summed E-state index contributed by atoms with van der Waals surface area (Å²) in [5.74, 6) is -0.963. The second-order valence-corrected chi connectivity index (χ2v) is 4.27. The second kappa shape index (κ2) is 5.89. The molecule has 0 bridgehead atoms. The highest BCUT2D eigenvalue weighted by Crippen LogP contribution is 2.22. The topological polar surface area (TPSA) is 55.4 Å². The van der Waals surface area contributed by atoms with Gasteiger partial charge < -0.3 is 10.1 Å². The lowest BCUT2D eigenvalue weighted by Crippen LogP contribution is -2.29. The predicted molar refractivity (Wildman–Crippen MR) is 66.3 cm³/mol. The van der Waals surface area contributed by atoms with Crippen LogP contribution in [0, 0.1) is 0 Å². The molecule has 1 N–H and O–H groups in total. The van der Waals surface area contributed by atoms with Crippen molar-refractivity contribution >= 4 is 40.8 Å². The van der Waals surface area contributed by atoms with Gasteiger partial charge in [-0.05, 0) is 25.1 Å². The van der Waals surface area contributed by atoms with E-state index in [1.807, 2.05) is 0 Å². The third-order valence-electron chi connectivity index (χ3n) is 1.84. The minimum Gasteiger partial charge on any atom is -0.453 e. The summed E-state index contributed by atoms with van der Waals surface area (Å²) in [6.45, 7) is 2.71. The standard InChI is InChI=1S/C11H11Cl2NO3/c1-6(17-7(2)15)11(16)14-10-4-8(12)3-9(13)5-10/h3-6H,1-2H3,(H,14,16)/t6-/m0/s1. The maximum atomic E-state index is 11.6. The van der Waals surface area contributed by atoms with E-state index >= 15 is 0 Å². The summed E-state index contributed by atoms with van der Waals surface area (Å²) >= 11 is 11.6. The van der Waals surface area contributed by atoms with Crippen LogP contribution in [0.1, 0.15) is 13.8 Å². The van der Waals surface area contributed by atoms with Crippen LogP contribution >= 0.6 is 23.2 Å². The Balaban J connectivity index is 2.70. The van der Waals surface area contributed by atoms with Gasteiger partial charge in [0, 0.05) is 22.7 Å². The van der Waals surface area contributed by atoms with Crippen LogP contribution in [-0.2, 0) is 14.3 Å². The molecule has 1 aromatic carbocycles. The molecule has 0 aliphatic heterocycles. The number of carbonyl (C=O) groups is 2. The molecule has 1 atom stereocenters. The van der Waals surface area contributed by atoms with Crippen LogP contribution in [0.25, 0.3) is 0 Å². The highest BCUT2D eigenvalue weighted by Gasteiger charge is 2.16. The van der Waals surface area contributed by atoms with Crippen molar-refractivity contribution in [2.75, 3.05) is 5.32 Å². The summed E-state index contributed by atoms with van der Waals surface area (Å²) in [5, 5.41) is 3.36. The lowest BCUT2D eigenvalue weighted by molar-refractivity contribution is -0.150. The lowest BCUT2D eigenvalue weighted by Gasteiger charge is -2.12. The van der Waals surface area contributed by atoms with Crippen LogP contribution in [0.4, 0.5) is 5.69 Å². The van der Waals surface area contributed by atoms with Crippen molar-refractivity contribution in [2.24, 2.45) is 0 Å². The first-order chi connectivity index (χ1) is 7.88. The first-order valence-corrected chi connectivity index (χ1v) is 5.58. The van der Waals surface area contributed by atoms with E-state index < -0.39 is 18.0 Å². The monoisotopic (exact) mass is 275 g/mol.